The highest BCUT2D eigenvalue weighted by atomic mass is 32.2. The van der Waals surface area contributed by atoms with E-state index in [2.05, 4.69) is 28.5 Å². The molecule has 34 heavy (non-hydrogen) atoms. The number of sulfonamides is 1. The zero-order valence-electron chi connectivity index (χ0n) is 19.1. The van der Waals surface area contributed by atoms with Crippen LogP contribution in [0.1, 0.15) is 30.3 Å². The molecule has 0 spiro atoms. The highest BCUT2D eigenvalue weighted by Gasteiger charge is 2.29. The third-order valence-electron chi connectivity index (χ3n) is 6.21. The Bertz CT molecular complexity index is 1400. The average Bonchev–Trinajstić information content (AvgIpc) is 2.87. The van der Waals surface area contributed by atoms with Gasteiger partial charge in [-0.2, -0.15) is 0 Å². The van der Waals surface area contributed by atoms with Crippen molar-refractivity contribution in [3.63, 3.8) is 0 Å². The molecule has 5 rings (SSSR count). The van der Waals surface area contributed by atoms with E-state index in [-0.39, 0.29) is 5.92 Å². The standard InChI is InChI=1S/C26H27N5O2S/c1-34(32,33)31-16-8-11-20(18-31)25-29-23-14-7-13-22(19-9-3-2-4-10-19)24(23)26(30-25)28-17-21-12-5-6-15-27-21/h2-7,9-10,12-15,20H,8,11,16-18H2,1H3,(H,28,29,30). The molecule has 3 heterocycles. The van der Waals surface area contributed by atoms with E-state index in [0.717, 1.165) is 46.4 Å². The largest absolute Gasteiger partial charge is 0.364 e. The van der Waals surface area contributed by atoms with Crippen LogP contribution in [0.3, 0.4) is 0 Å². The van der Waals surface area contributed by atoms with Gasteiger partial charge in [0.05, 0.1) is 29.4 Å². The van der Waals surface area contributed by atoms with Crippen molar-refractivity contribution < 1.29 is 8.42 Å². The van der Waals surface area contributed by atoms with E-state index >= 15 is 0 Å². The Hall–Kier alpha value is -3.36. The highest BCUT2D eigenvalue weighted by molar-refractivity contribution is 7.88. The molecule has 0 radical (unpaired) electrons. The van der Waals surface area contributed by atoms with Crippen LogP contribution < -0.4 is 5.32 Å². The predicted molar refractivity (Wildman–Crippen MR) is 135 cm³/mol. The molecule has 0 saturated carbocycles. The van der Waals surface area contributed by atoms with E-state index in [1.807, 2.05) is 48.5 Å². The number of aromatic nitrogens is 3. The van der Waals surface area contributed by atoms with Gasteiger partial charge in [-0.3, -0.25) is 4.98 Å². The summed E-state index contributed by atoms with van der Waals surface area (Å²) in [7, 11) is -3.25. The number of benzene rings is 2. The molecule has 1 aliphatic heterocycles. The maximum atomic E-state index is 12.2. The number of pyridine rings is 1. The number of hydrogen-bond donors (Lipinski definition) is 1. The van der Waals surface area contributed by atoms with Crippen LogP contribution in [0.5, 0.6) is 0 Å². The van der Waals surface area contributed by atoms with Crippen LogP contribution in [0.4, 0.5) is 5.82 Å². The maximum absolute atomic E-state index is 12.2. The number of nitrogens with zero attached hydrogens (tertiary/aromatic N) is 4. The van der Waals surface area contributed by atoms with Crippen molar-refractivity contribution in [3.05, 3.63) is 84.4 Å². The number of piperidine rings is 1. The number of fused-ring (bicyclic) bond motifs is 1. The predicted octanol–water partition coefficient (Wildman–Crippen LogP) is 4.44. The zero-order chi connectivity index (χ0) is 23.5. The molecule has 2 aromatic carbocycles. The van der Waals surface area contributed by atoms with Gasteiger partial charge in [-0.25, -0.2) is 22.7 Å². The van der Waals surface area contributed by atoms with Gasteiger partial charge in [-0.15, -0.1) is 0 Å². The van der Waals surface area contributed by atoms with Crippen molar-refractivity contribution in [2.45, 2.75) is 25.3 Å². The fraction of sp³-hybridized carbons (Fsp3) is 0.269. The summed E-state index contributed by atoms with van der Waals surface area (Å²) >= 11 is 0. The second-order valence-corrected chi connectivity index (χ2v) is 10.6. The summed E-state index contributed by atoms with van der Waals surface area (Å²) < 4.78 is 25.9. The first-order valence-corrected chi connectivity index (χ1v) is 13.3. The third-order valence-corrected chi connectivity index (χ3v) is 7.48. The monoisotopic (exact) mass is 473 g/mol. The Kier molecular flexibility index (Phi) is 6.26. The van der Waals surface area contributed by atoms with E-state index < -0.39 is 10.0 Å². The summed E-state index contributed by atoms with van der Waals surface area (Å²) in [4.78, 5) is 14.3. The molecule has 0 bridgehead atoms. The van der Waals surface area contributed by atoms with Crippen molar-refractivity contribution in [2.75, 3.05) is 24.7 Å². The summed E-state index contributed by atoms with van der Waals surface area (Å²) in [6, 6.07) is 22.1. The molecule has 1 saturated heterocycles. The lowest BCUT2D eigenvalue weighted by molar-refractivity contribution is 0.311. The average molecular weight is 474 g/mol. The van der Waals surface area contributed by atoms with Gasteiger partial charge in [0.2, 0.25) is 10.0 Å². The molecule has 1 atom stereocenters. The fourth-order valence-corrected chi connectivity index (χ4v) is 5.41. The molecule has 4 aromatic rings. The Labute approximate surface area is 200 Å². The Morgan fingerprint density at radius 1 is 1.00 bits per heavy atom. The van der Waals surface area contributed by atoms with Gasteiger partial charge in [0.15, 0.2) is 0 Å². The van der Waals surface area contributed by atoms with E-state index in [1.54, 1.807) is 6.20 Å². The molecule has 1 fully saturated rings. The number of nitrogens with one attached hydrogen (secondary N) is 1. The lowest BCUT2D eigenvalue weighted by atomic mass is 9.97. The first kappa shape index (κ1) is 22.4. The van der Waals surface area contributed by atoms with E-state index in [9.17, 15) is 8.42 Å². The molecule has 0 amide bonds. The summed E-state index contributed by atoms with van der Waals surface area (Å²) in [5.74, 6) is 1.36. The molecule has 8 heteroatoms. The molecule has 1 N–H and O–H groups in total. The molecular weight excluding hydrogens is 446 g/mol. The first-order chi connectivity index (χ1) is 16.5. The van der Waals surface area contributed by atoms with Gasteiger partial charge in [0.1, 0.15) is 11.6 Å². The zero-order valence-corrected chi connectivity index (χ0v) is 19.9. The SMILES string of the molecule is CS(=O)(=O)N1CCCC(c2nc(NCc3ccccn3)c3c(-c4ccccc4)cccc3n2)C1. The van der Waals surface area contributed by atoms with Crippen LogP contribution in [0.25, 0.3) is 22.0 Å². The van der Waals surface area contributed by atoms with Gasteiger partial charge >= 0.3 is 0 Å². The molecule has 2 aromatic heterocycles. The minimum absolute atomic E-state index is 0.0522. The quantitative estimate of drug-likeness (QED) is 0.445. The topological polar surface area (TPSA) is 88.1 Å². The van der Waals surface area contributed by atoms with Crippen molar-refractivity contribution in [3.8, 4) is 11.1 Å². The van der Waals surface area contributed by atoms with Crippen LogP contribution in [0, 0.1) is 0 Å². The first-order valence-electron chi connectivity index (χ1n) is 11.4. The lowest BCUT2D eigenvalue weighted by Crippen LogP contribution is -2.38. The van der Waals surface area contributed by atoms with Crippen LogP contribution >= 0.6 is 0 Å². The minimum atomic E-state index is -3.25. The lowest BCUT2D eigenvalue weighted by Gasteiger charge is -2.30. The summed E-state index contributed by atoms with van der Waals surface area (Å²) in [6.07, 6.45) is 4.69. The van der Waals surface area contributed by atoms with Crippen LogP contribution in [-0.2, 0) is 16.6 Å². The molecule has 7 nitrogen and oxygen atoms in total. The fourth-order valence-electron chi connectivity index (χ4n) is 4.50. The van der Waals surface area contributed by atoms with Gasteiger partial charge in [-0.05, 0) is 42.2 Å². The Morgan fingerprint density at radius 2 is 1.82 bits per heavy atom. The van der Waals surface area contributed by atoms with Crippen molar-refractivity contribution >= 4 is 26.7 Å². The van der Waals surface area contributed by atoms with Crippen LogP contribution in [-0.4, -0.2) is 47.0 Å². The number of hydrogen-bond acceptors (Lipinski definition) is 6. The molecular formula is C26H27N5O2S. The number of rotatable bonds is 6. The van der Waals surface area contributed by atoms with Crippen LogP contribution in [0.2, 0.25) is 0 Å². The second kappa shape index (κ2) is 9.48. The van der Waals surface area contributed by atoms with E-state index in [1.165, 1.54) is 10.6 Å². The molecule has 0 aliphatic carbocycles. The van der Waals surface area contributed by atoms with Gasteiger partial charge in [-0.1, -0.05) is 48.5 Å². The van der Waals surface area contributed by atoms with Gasteiger partial charge in [0, 0.05) is 25.2 Å². The molecule has 174 valence electrons. The minimum Gasteiger partial charge on any atom is -0.364 e. The third kappa shape index (κ3) is 4.78. The summed E-state index contributed by atoms with van der Waals surface area (Å²) in [5.41, 5.74) is 3.89. The van der Waals surface area contributed by atoms with Crippen LogP contribution in [0.15, 0.2) is 72.9 Å². The van der Waals surface area contributed by atoms with E-state index in [4.69, 9.17) is 9.97 Å². The Balaban J connectivity index is 1.60. The number of anilines is 1. The summed E-state index contributed by atoms with van der Waals surface area (Å²) in [6.45, 7) is 1.48. The molecule has 1 aliphatic rings. The Morgan fingerprint density at radius 3 is 2.59 bits per heavy atom. The molecule has 1 unspecified atom stereocenters. The van der Waals surface area contributed by atoms with Crippen molar-refractivity contribution in [1.82, 2.24) is 19.3 Å². The highest BCUT2D eigenvalue weighted by Crippen LogP contribution is 2.35. The summed E-state index contributed by atoms with van der Waals surface area (Å²) in [5, 5.41) is 4.44. The van der Waals surface area contributed by atoms with Gasteiger partial charge < -0.3 is 5.32 Å². The van der Waals surface area contributed by atoms with Gasteiger partial charge in [0.25, 0.3) is 0 Å². The van der Waals surface area contributed by atoms with E-state index in [0.29, 0.717) is 25.5 Å². The second-order valence-electron chi connectivity index (χ2n) is 8.63. The van der Waals surface area contributed by atoms with Crippen molar-refractivity contribution in [1.29, 1.82) is 0 Å². The normalized spacial score (nSPS) is 17.0. The maximum Gasteiger partial charge on any atom is 0.211 e. The smallest absolute Gasteiger partial charge is 0.211 e. The van der Waals surface area contributed by atoms with Crippen molar-refractivity contribution in [2.24, 2.45) is 0 Å².